The molecule has 0 saturated carbocycles. The Balaban J connectivity index is 1.42. The fraction of sp³-hybridized carbons (Fsp3) is 0.304. The zero-order valence-electron chi connectivity index (χ0n) is 17.1. The van der Waals surface area contributed by atoms with Crippen molar-refractivity contribution in [3.05, 3.63) is 59.0 Å². The summed E-state index contributed by atoms with van der Waals surface area (Å²) in [5.41, 5.74) is 1.31. The molecule has 1 amide bonds. The van der Waals surface area contributed by atoms with E-state index in [1.165, 1.54) is 35.6 Å². The number of halogens is 2. The zero-order valence-corrected chi connectivity index (χ0v) is 17.9. The van der Waals surface area contributed by atoms with Gasteiger partial charge in [0.25, 0.3) is 0 Å². The van der Waals surface area contributed by atoms with Crippen molar-refractivity contribution in [2.24, 2.45) is 0 Å². The standard InChI is InChI=1S/C23H22F2N2O4S/c24-23(25)31-16-9-7-14(8-10-16)26-20(28)13-27-11-3-4-15(27)12-18-17-5-1-2-6-19(17)32-21(18)22(29)30/h1-2,5-10,15,23H,3-4,11-13H2,(H,26,28)(H,29,30). The van der Waals surface area contributed by atoms with Crippen molar-refractivity contribution < 1.29 is 28.2 Å². The molecule has 2 aromatic carbocycles. The number of alkyl halides is 2. The Hall–Kier alpha value is -3.04. The third-order valence-electron chi connectivity index (χ3n) is 5.54. The van der Waals surface area contributed by atoms with E-state index in [1.54, 1.807) is 0 Å². The summed E-state index contributed by atoms with van der Waals surface area (Å²) in [6, 6.07) is 13.5. The molecule has 1 aliphatic rings. The molecule has 168 valence electrons. The molecule has 1 saturated heterocycles. The maximum Gasteiger partial charge on any atom is 0.387 e. The summed E-state index contributed by atoms with van der Waals surface area (Å²) in [5, 5.41) is 13.4. The van der Waals surface area contributed by atoms with Crippen LogP contribution in [0.25, 0.3) is 10.1 Å². The number of carboxylic acids is 1. The molecule has 3 aromatic rings. The molecule has 1 atom stereocenters. The first-order chi connectivity index (χ1) is 15.4. The minimum absolute atomic E-state index is 0.0230. The molecule has 0 aliphatic carbocycles. The molecule has 32 heavy (non-hydrogen) atoms. The Labute approximate surface area is 187 Å². The van der Waals surface area contributed by atoms with E-state index in [9.17, 15) is 23.5 Å². The molecule has 4 rings (SSSR count). The Bertz CT molecular complexity index is 1120. The lowest BCUT2D eigenvalue weighted by molar-refractivity contribution is -0.117. The molecule has 0 spiro atoms. The van der Waals surface area contributed by atoms with Crippen molar-refractivity contribution in [2.75, 3.05) is 18.4 Å². The van der Waals surface area contributed by atoms with Gasteiger partial charge in [0, 0.05) is 16.4 Å². The third-order valence-corrected chi connectivity index (χ3v) is 6.74. The van der Waals surface area contributed by atoms with Crippen LogP contribution in [0.1, 0.15) is 28.1 Å². The number of likely N-dealkylation sites (tertiary alicyclic amines) is 1. The number of rotatable bonds is 8. The molecule has 1 fully saturated rings. The van der Waals surface area contributed by atoms with E-state index in [-0.39, 0.29) is 24.2 Å². The van der Waals surface area contributed by atoms with Gasteiger partial charge in [-0.25, -0.2) is 4.79 Å². The van der Waals surface area contributed by atoms with Crippen LogP contribution in [0.3, 0.4) is 0 Å². The second kappa shape index (κ2) is 9.62. The topological polar surface area (TPSA) is 78.9 Å². The van der Waals surface area contributed by atoms with Crippen molar-refractivity contribution in [2.45, 2.75) is 31.9 Å². The summed E-state index contributed by atoms with van der Waals surface area (Å²) in [6.07, 6.45) is 2.39. The Kier molecular flexibility index (Phi) is 6.66. The van der Waals surface area contributed by atoms with Crippen LogP contribution < -0.4 is 10.1 Å². The third kappa shape index (κ3) is 5.05. The van der Waals surface area contributed by atoms with Gasteiger partial charge in [0.1, 0.15) is 10.6 Å². The van der Waals surface area contributed by atoms with E-state index in [0.717, 1.165) is 35.0 Å². The number of fused-ring (bicyclic) bond motifs is 1. The van der Waals surface area contributed by atoms with Crippen LogP contribution in [0, 0.1) is 0 Å². The van der Waals surface area contributed by atoms with Crippen LogP contribution in [0.15, 0.2) is 48.5 Å². The number of ether oxygens (including phenoxy) is 1. The van der Waals surface area contributed by atoms with Gasteiger partial charge in [-0.05, 0) is 67.1 Å². The smallest absolute Gasteiger partial charge is 0.387 e. The molecule has 1 aliphatic heterocycles. The number of carboxylic acid groups (broad SMARTS) is 1. The highest BCUT2D eigenvalue weighted by Crippen LogP contribution is 2.34. The molecule has 2 N–H and O–H groups in total. The number of nitrogens with one attached hydrogen (secondary N) is 1. The molecule has 6 nitrogen and oxygen atoms in total. The number of benzene rings is 2. The zero-order chi connectivity index (χ0) is 22.7. The highest BCUT2D eigenvalue weighted by atomic mass is 32.1. The van der Waals surface area contributed by atoms with Crippen LogP contribution in [0.4, 0.5) is 14.5 Å². The highest BCUT2D eigenvalue weighted by molar-refractivity contribution is 7.21. The van der Waals surface area contributed by atoms with Crippen molar-refractivity contribution in [3.63, 3.8) is 0 Å². The predicted octanol–water partition coefficient (Wildman–Crippen LogP) is 4.85. The molecule has 0 radical (unpaired) electrons. The molecular weight excluding hydrogens is 438 g/mol. The van der Waals surface area contributed by atoms with E-state index < -0.39 is 12.6 Å². The van der Waals surface area contributed by atoms with Crippen molar-refractivity contribution in [1.29, 1.82) is 0 Å². The van der Waals surface area contributed by atoms with Gasteiger partial charge in [0.05, 0.1) is 6.54 Å². The first kappa shape index (κ1) is 22.2. The number of nitrogens with zero attached hydrogens (tertiary/aromatic N) is 1. The number of aromatic carboxylic acids is 1. The average Bonchev–Trinajstić information content (AvgIpc) is 3.34. The average molecular weight is 461 g/mol. The first-order valence-corrected chi connectivity index (χ1v) is 11.0. The van der Waals surface area contributed by atoms with Crippen molar-refractivity contribution >= 4 is 39.0 Å². The summed E-state index contributed by atoms with van der Waals surface area (Å²) in [6.45, 7) is -1.97. The lowest BCUT2D eigenvalue weighted by Gasteiger charge is -2.24. The Morgan fingerprint density at radius 2 is 1.94 bits per heavy atom. The summed E-state index contributed by atoms with van der Waals surface area (Å²) >= 11 is 1.28. The van der Waals surface area contributed by atoms with E-state index in [0.29, 0.717) is 17.0 Å². The van der Waals surface area contributed by atoms with Crippen LogP contribution in [-0.4, -0.2) is 47.6 Å². The number of hydrogen-bond donors (Lipinski definition) is 2. The van der Waals surface area contributed by atoms with Gasteiger partial charge >= 0.3 is 12.6 Å². The van der Waals surface area contributed by atoms with Gasteiger partial charge < -0.3 is 15.2 Å². The lowest BCUT2D eigenvalue weighted by atomic mass is 10.0. The maximum absolute atomic E-state index is 12.6. The number of amides is 1. The minimum Gasteiger partial charge on any atom is -0.477 e. The molecular formula is C23H22F2N2O4S. The molecule has 9 heteroatoms. The fourth-order valence-electron chi connectivity index (χ4n) is 4.15. The monoisotopic (exact) mass is 460 g/mol. The molecule has 1 aromatic heterocycles. The largest absolute Gasteiger partial charge is 0.477 e. The number of carbonyl (C=O) groups excluding carboxylic acids is 1. The highest BCUT2D eigenvalue weighted by Gasteiger charge is 2.29. The summed E-state index contributed by atoms with van der Waals surface area (Å²) < 4.78 is 29.8. The van der Waals surface area contributed by atoms with Crippen molar-refractivity contribution in [1.82, 2.24) is 4.90 Å². The molecule has 1 unspecified atom stereocenters. The van der Waals surface area contributed by atoms with E-state index in [2.05, 4.69) is 15.0 Å². The number of carbonyl (C=O) groups is 2. The van der Waals surface area contributed by atoms with E-state index in [4.69, 9.17) is 0 Å². The van der Waals surface area contributed by atoms with Crippen LogP contribution in [0.5, 0.6) is 5.75 Å². The van der Waals surface area contributed by atoms with E-state index >= 15 is 0 Å². The van der Waals surface area contributed by atoms with Gasteiger partial charge in [-0.2, -0.15) is 8.78 Å². The number of thiophene rings is 1. The second-order valence-corrected chi connectivity index (χ2v) is 8.68. The fourth-order valence-corrected chi connectivity index (χ4v) is 5.22. The summed E-state index contributed by atoms with van der Waals surface area (Å²) in [7, 11) is 0. The van der Waals surface area contributed by atoms with Gasteiger partial charge in [0.2, 0.25) is 5.91 Å². The first-order valence-electron chi connectivity index (χ1n) is 10.2. The van der Waals surface area contributed by atoms with Gasteiger partial charge in [-0.1, -0.05) is 18.2 Å². The maximum atomic E-state index is 12.6. The van der Waals surface area contributed by atoms with Crippen LogP contribution >= 0.6 is 11.3 Å². The SMILES string of the molecule is O=C(CN1CCCC1Cc1c(C(=O)O)sc2ccccc12)Nc1ccc(OC(F)F)cc1. The minimum atomic E-state index is -2.90. The van der Waals surface area contributed by atoms with Gasteiger partial charge in [-0.15, -0.1) is 11.3 Å². The summed E-state index contributed by atoms with van der Waals surface area (Å²) in [4.78, 5) is 26.8. The number of hydrogen-bond acceptors (Lipinski definition) is 5. The molecule has 0 bridgehead atoms. The molecule has 2 heterocycles. The quantitative estimate of drug-likeness (QED) is 0.503. The van der Waals surface area contributed by atoms with Gasteiger partial charge in [-0.3, -0.25) is 9.69 Å². The predicted molar refractivity (Wildman–Crippen MR) is 119 cm³/mol. The lowest BCUT2D eigenvalue weighted by Crippen LogP contribution is -2.38. The van der Waals surface area contributed by atoms with Crippen LogP contribution in [-0.2, 0) is 11.2 Å². The normalized spacial score (nSPS) is 16.5. The second-order valence-electron chi connectivity index (χ2n) is 7.63. The summed E-state index contributed by atoms with van der Waals surface area (Å²) in [5.74, 6) is -1.12. The number of anilines is 1. The Morgan fingerprint density at radius 3 is 2.66 bits per heavy atom. The van der Waals surface area contributed by atoms with E-state index in [1.807, 2.05) is 24.3 Å². The van der Waals surface area contributed by atoms with Crippen LogP contribution in [0.2, 0.25) is 0 Å². The van der Waals surface area contributed by atoms with Gasteiger partial charge in [0.15, 0.2) is 0 Å². The van der Waals surface area contributed by atoms with Crippen molar-refractivity contribution in [3.8, 4) is 5.75 Å². The Morgan fingerprint density at radius 1 is 1.19 bits per heavy atom.